The first-order chi connectivity index (χ1) is 15.0. The van der Waals surface area contributed by atoms with Gasteiger partial charge in [-0.2, -0.15) is 0 Å². The summed E-state index contributed by atoms with van der Waals surface area (Å²) in [6.45, 7) is 10.9. The van der Waals surface area contributed by atoms with E-state index in [9.17, 15) is 9.90 Å². The van der Waals surface area contributed by atoms with E-state index in [4.69, 9.17) is 0 Å². The fraction of sp³-hybridized carbons (Fsp3) is 0.296. The van der Waals surface area contributed by atoms with E-state index in [0.717, 1.165) is 23.0 Å². The van der Waals surface area contributed by atoms with Crippen molar-refractivity contribution in [2.24, 2.45) is 5.41 Å². The quantitative estimate of drug-likeness (QED) is 0.393. The second kappa shape index (κ2) is 7.90. The molecule has 5 nitrogen and oxygen atoms in total. The fourth-order valence-electron chi connectivity index (χ4n) is 4.48. The number of nitrogens with zero attached hydrogens (tertiary/aromatic N) is 3. The van der Waals surface area contributed by atoms with Gasteiger partial charge < -0.3 is 5.11 Å². The van der Waals surface area contributed by atoms with Crippen LogP contribution in [-0.4, -0.2) is 25.9 Å². The van der Waals surface area contributed by atoms with Gasteiger partial charge in [0, 0.05) is 5.56 Å². The lowest BCUT2D eigenvalue weighted by Crippen LogP contribution is -2.25. The van der Waals surface area contributed by atoms with Gasteiger partial charge in [-0.15, -0.1) is 15.0 Å². The first kappa shape index (κ1) is 21.8. The summed E-state index contributed by atoms with van der Waals surface area (Å²) in [5.74, 6) is -0.344. The number of aromatic nitrogens is 3. The summed E-state index contributed by atoms with van der Waals surface area (Å²) in [5, 5.41) is 20.3. The summed E-state index contributed by atoms with van der Waals surface area (Å²) in [4.78, 5) is 14.8. The lowest BCUT2D eigenvalue weighted by atomic mass is 9.72. The molecule has 0 amide bonds. The van der Waals surface area contributed by atoms with E-state index in [-0.39, 0.29) is 27.9 Å². The summed E-state index contributed by atoms with van der Waals surface area (Å²) in [5.41, 5.74) is 3.44. The number of fused-ring (bicyclic) bond motifs is 1. The van der Waals surface area contributed by atoms with Crippen molar-refractivity contribution < 1.29 is 9.90 Å². The standard InChI is InChI=1S/C27H29N3O2/c1-26(2,3)17-27(4,5)19-15-20(24(31)18-11-7-6-8-12-18)25(32)23(16-19)30-28-21-13-9-10-14-22(21)29-30/h6-16,32H,17H2,1-5H3. The third kappa shape index (κ3) is 4.28. The van der Waals surface area contributed by atoms with Crippen molar-refractivity contribution in [2.75, 3.05) is 0 Å². The zero-order valence-electron chi connectivity index (χ0n) is 19.3. The molecule has 0 bridgehead atoms. The minimum atomic E-state index is -0.237. The molecule has 0 unspecified atom stereocenters. The molecule has 4 aromatic rings. The summed E-state index contributed by atoms with van der Waals surface area (Å²) >= 11 is 0. The van der Waals surface area contributed by atoms with Crippen LogP contribution < -0.4 is 0 Å². The Morgan fingerprint density at radius 2 is 1.44 bits per heavy atom. The number of hydrogen-bond donors (Lipinski definition) is 1. The number of carbonyl (C=O) groups excluding carboxylic acids is 1. The number of benzene rings is 3. The highest BCUT2D eigenvalue weighted by Gasteiger charge is 2.30. The SMILES string of the molecule is CC(C)(C)CC(C)(C)c1cc(C(=O)c2ccccc2)c(O)c(-n2nc3ccccc3n2)c1. The van der Waals surface area contributed by atoms with Crippen molar-refractivity contribution in [2.45, 2.75) is 46.5 Å². The molecule has 0 aliphatic rings. The molecular weight excluding hydrogens is 398 g/mol. The third-order valence-corrected chi connectivity index (χ3v) is 5.63. The Hall–Kier alpha value is -3.47. The molecule has 0 fully saturated rings. The first-order valence-corrected chi connectivity index (χ1v) is 10.8. The maximum Gasteiger partial charge on any atom is 0.196 e. The third-order valence-electron chi connectivity index (χ3n) is 5.63. The Kier molecular flexibility index (Phi) is 5.37. The van der Waals surface area contributed by atoms with Gasteiger partial charge in [-0.05, 0) is 47.1 Å². The molecule has 1 aromatic heterocycles. The molecule has 0 radical (unpaired) electrons. The van der Waals surface area contributed by atoms with E-state index in [1.165, 1.54) is 4.80 Å². The molecule has 0 aliphatic carbocycles. The van der Waals surface area contributed by atoms with Crippen molar-refractivity contribution in [3.8, 4) is 11.4 Å². The van der Waals surface area contributed by atoms with E-state index < -0.39 is 0 Å². The lowest BCUT2D eigenvalue weighted by Gasteiger charge is -2.33. The van der Waals surface area contributed by atoms with Crippen molar-refractivity contribution in [3.63, 3.8) is 0 Å². The van der Waals surface area contributed by atoms with Crippen molar-refractivity contribution in [1.29, 1.82) is 0 Å². The monoisotopic (exact) mass is 427 g/mol. The van der Waals surface area contributed by atoms with Gasteiger partial charge in [0.2, 0.25) is 0 Å². The first-order valence-electron chi connectivity index (χ1n) is 10.8. The van der Waals surface area contributed by atoms with Crippen LogP contribution in [0.2, 0.25) is 0 Å². The largest absolute Gasteiger partial charge is 0.505 e. The Morgan fingerprint density at radius 3 is 2.00 bits per heavy atom. The maximum atomic E-state index is 13.4. The van der Waals surface area contributed by atoms with E-state index in [2.05, 4.69) is 44.8 Å². The van der Waals surface area contributed by atoms with Crippen LogP contribution in [0.1, 0.15) is 62.5 Å². The number of phenolic OH excluding ortho intramolecular Hbond substituents is 1. The van der Waals surface area contributed by atoms with Gasteiger partial charge in [0.25, 0.3) is 0 Å². The second-order valence-electron chi connectivity index (χ2n) is 10.2. The van der Waals surface area contributed by atoms with Crippen LogP contribution >= 0.6 is 0 Å². The molecule has 0 spiro atoms. The second-order valence-corrected chi connectivity index (χ2v) is 10.2. The average molecular weight is 428 g/mol. The normalized spacial score (nSPS) is 12.3. The number of phenols is 1. The van der Waals surface area contributed by atoms with E-state index in [1.807, 2.05) is 54.6 Å². The Morgan fingerprint density at radius 1 is 0.875 bits per heavy atom. The van der Waals surface area contributed by atoms with Crippen LogP contribution in [0.3, 0.4) is 0 Å². The van der Waals surface area contributed by atoms with Crippen molar-refractivity contribution in [1.82, 2.24) is 15.0 Å². The molecular formula is C27H29N3O2. The molecule has 164 valence electrons. The van der Waals surface area contributed by atoms with Gasteiger partial charge >= 0.3 is 0 Å². The highest BCUT2D eigenvalue weighted by atomic mass is 16.3. The van der Waals surface area contributed by atoms with Crippen LogP contribution in [0.5, 0.6) is 5.75 Å². The smallest absolute Gasteiger partial charge is 0.196 e. The van der Waals surface area contributed by atoms with Crippen LogP contribution in [0.4, 0.5) is 0 Å². The number of rotatable bonds is 5. The zero-order chi connectivity index (χ0) is 23.1. The maximum absolute atomic E-state index is 13.4. The van der Waals surface area contributed by atoms with Crippen molar-refractivity contribution >= 4 is 16.8 Å². The van der Waals surface area contributed by atoms with Gasteiger partial charge in [-0.1, -0.05) is 77.1 Å². The highest BCUT2D eigenvalue weighted by molar-refractivity contribution is 6.11. The molecule has 4 rings (SSSR count). The van der Waals surface area contributed by atoms with Gasteiger partial charge in [-0.25, -0.2) is 0 Å². The summed E-state index contributed by atoms with van der Waals surface area (Å²) < 4.78 is 0. The van der Waals surface area contributed by atoms with E-state index in [1.54, 1.807) is 12.1 Å². The number of hydrogen-bond acceptors (Lipinski definition) is 4. The molecule has 0 saturated carbocycles. The van der Waals surface area contributed by atoms with Gasteiger partial charge in [0.05, 0.1) is 5.56 Å². The summed E-state index contributed by atoms with van der Waals surface area (Å²) in [6, 6.07) is 20.3. The minimum Gasteiger partial charge on any atom is -0.505 e. The van der Waals surface area contributed by atoms with E-state index >= 15 is 0 Å². The van der Waals surface area contributed by atoms with Crippen LogP contribution in [0.25, 0.3) is 16.7 Å². The highest BCUT2D eigenvalue weighted by Crippen LogP contribution is 2.40. The lowest BCUT2D eigenvalue weighted by molar-refractivity contribution is 0.103. The number of aromatic hydroxyl groups is 1. The molecule has 1 heterocycles. The predicted octanol–water partition coefficient (Wildman–Crippen LogP) is 6.07. The molecule has 5 heteroatoms. The fourth-order valence-corrected chi connectivity index (χ4v) is 4.48. The Balaban J connectivity index is 1.93. The molecule has 0 saturated heterocycles. The molecule has 0 atom stereocenters. The van der Waals surface area contributed by atoms with Crippen LogP contribution in [0.15, 0.2) is 66.7 Å². The zero-order valence-corrected chi connectivity index (χ0v) is 19.3. The molecule has 32 heavy (non-hydrogen) atoms. The van der Waals surface area contributed by atoms with Crippen molar-refractivity contribution in [3.05, 3.63) is 83.4 Å². The topological polar surface area (TPSA) is 68.0 Å². The summed E-state index contributed by atoms with van der Waals surface area (Å²) in [7, 11) is 0. The van der Waals surface area contributed by atoms with Gasteiger partial charge in [-0.3, -0.25) is 4.79 Å². The van der Waals surface area contributed by atoms with Gasteiger partial charge in [0.1, 0.15) is 16.7 Å². The predicted molar refractivity (Wildman–Crippen MR) is 128 cm³/mol. The Labute approximate surface area is 188 Å². The molecule has 3 aromatic carbocycles. The van der Waals surface area contributed by atoms with Crippen LogP contribution in [0, 0.1) is 5.41 Å². The summed E-state index contributed by atoms with van der Waals surface area (Å²) in [6.07, 6.45) is 0.900. The average Bonchev–Trinajstić information content (AvgIpc) is 3.16. The molecule has 1 N–H and O–H groups in total. The Bertz CT molecular complexity index is 1250. The number of carbonyl (C=O) groups is 1. The minimum absolute atomic E-state index is 0.0871. The van der Waals surface area contributed by atoms with Gasteiger partial charge in [0.15, 0.2) is 11.5 Å². The molecule has 0 aliphatic heterocycles. The number of ketones is 1. The van der Waals surface area contributed by atoms with Crippen LogP contribution in [-0.2, 0) is 5.41 Å². The van der Waals surface area contributed by atoms with E-state index in [0.29, 0.717) is 11.3 Å².